The maximum atomic E-state index is 13.6. The highest BCUT2D eigenvalue weighted by atomic mass is 16.7. The van der Waals surface area contributed by atoms with E-state index in [1.165, 1.54) is 0 Å². The molecule has 0 radical (unpaired) electrons. The summed E-state index contributed by atoms with van der Waals surface area (Å²) in [5.74, 6) is -0.268. The van der Waals surface area contributed by atoms with Crippen LogP contribution in [0.4, 0.5) is 0 Å². The highest BCUT2D eigenvalue weighted by Gasteiger charge is 2.49. The summed E-state index contributed by atoms with van der Waals surface area (Å²) in [5, 5.41) is 25.9. The maximum Gasteiger partial charge on any atom is 0.220 e. The van der Waals surface area contributed by atoms with Gasteiger partial charge in [0, 0.05) is 6.42 Å². The number of benzene rings is 5. The summed E-state index contributed by atoms with van der Waals surface area (Å²) in [6.07, 6.45) is -2.68. The number of carbonyl (C=O) groups excluding carboxylic acids is 1. The molecule has 5 aromatic rings. The van der Waals surface area contributed by atoms with Crippen LogP contribution in [0.25, 0.3) is 0 Å². The molecule has 0 saturated carbocycles. The number of rotatable bonds is 26. The Bertz CT molecular complexity index is 1990. The van der Waals surface area contributed by atoms with Crippen LogP contribution < -0.4 is 5.32 Å². The molecule has 1 heterocycles. The molecule has 10 nitrogen and oxygen atoms in total. The minimum absolute atomic E-state index is 0.142. The first kappa shape index (κ1) is 47.7. The van der Waals surface area contributed by atoms with Crippen molar-refractivity contribution >= 4 is 5.91 Å². The fourth-order valence-corrected chi connectivity index (χ4v) is 7.64. The van der Waals surface area contributed by atoms with Crippen LogP contribution in [-0.2, 0) is 66.1 Å². The van der Waals surface area contributed by atoms with Gasteiger partial charge in [-0.3, -0.25) is 4.79 Å². The van der Waals surface area contributed by atoms with E-state index in [9.17, 15) is 15.0 Å². The lowest BCUT2D eigenvalue weighted by molar-refractivity contribution is -0.330. The monoisotopic (exact) mass is 859 g/mol. The number of carbonyl (C=O) groups is 1. The Morgan fingerprint density at radius 3 is 1.67 bits per heavy atom. The largest absolute Gasteiger partial charge is 0.390 e. The Morgan fingerprint density at radius 2 is 1.13 bits per heavy atom. The molecule has 0 spiro atoms. The van der Waals surface area contributed by atoms with Crippen molar-refractivity contribution in [3.63, 3.8) is 0 Å². The number of aliphatic hydroxyl groups excluding tert-OH is 2. The van der Waals surface area contributed by atoms with Gasteiger partial charge < -0.3 is 44.0 Å². The lowest BCUT2D eigenvalue weighted by atomic mass is 9.97. The number of aliphatic hydroxyl groups is 2. The second kappa shape index (κ2) is 26.1. The van der Waals surface area contributed by atoms with E-state index in [2.05, 4.69) is 12.2 Å². The molecule has 0 bridgehead atoms. The van der Waals surface area contributed by atoms with Crippen LogP contribution in [0, 0.1) is 6.92 Å². The molecule has 63 heavy (non-hydrogen) atoms. The van der Waals surface area contributed by atoms with Gasteiger partial charge >= 0.3 is 0 Å². The SMILES string of the molecule is CCCCC[C@@H](O)[C@@H](O)[C@H](COC1OC(COCc2ccccc2)C(OCc2ccccc2)C(OCc2ccccc2)C1OCc1ccccc1)NC(=O)CCc1ccc(C)cc1. The van der Waals surface area contributed by atoms with Crippen molar-refractivity contribution in [2.75, 3.05) is 13.2 Å². The smallest absolute Gasteiger partial charge is 0.220 e. The van der Waals surface area contributed by atoms with Gasteiger partial charge in [-0.15, -0.1) is 0 Å². The Balaban J connectivity index is 1.29. The molecule has 1 amide bonds. The van der Waals surface area contributed by atoms with E-state index in [-0.39, 0.29) is 45.4 Å². The lowest BCUT2D eigenvalue weighted by Gasteiger charge is -2.46. The van der Waals surface area contributed by atoms with Crippen LogP contribution in [-0.4, -0.2) is 78.3 Å². The first-order valence-corrected chi connectivity index (χ1v) is 22.4. The summed E-state index contributed by atoms with van der Waals surface area (Å²) in [5.41, 5.74) is 6.08. The number of nitrogens with one attached hydrogen (secondary N) is 1. The van der Waals surface area contributed by atoms with Crippen molar-refractivity contribution in [1.82, 2.24) is 5.32 Å². The second-order valence-electron chi connectivity index (χ2n) is 16.4. The van der Waals surface area contributed by atoms with Crippen LogP contribution in [0.2, 0.25) is 0 Å². The number of hydrogen-bond donors (Lipinski definition) is 3. The fourth-order valence-electron chi connectivity index (χ4n) is 7.64. The summed E-state index contributed by atoms with van der Waals surface area (Å²) in [7, 11) is 0. The number of ether oxygens (including phenoxy) is 6. The van der Waals surface area contributed by atoms with Gasteiger partial charge in [0.1, 0.15) is 30.5 Å². The van der Waals surface area contributed by atoms with E-state index in [4.69, 9.17) is 28.4 Å². The minimum atomic E-state index is -1.31. The summed E-state index contributed by atoms with van der Waals surface area (Å²) in [4.78, 5) is 13.6. The Labute approximate surface area is 373 Å². The number of aryl methyl sites for hydroxylation is 2. The van der Waals surface area contributed by atoms with Crippen molar-refractivity contribution < 1.29 is 43.4 Å². The average molecular weight is 860 g/mol. The van der Waals surface area contributed by atoms with Crippen LogP contribution >= 0.6 is 0 Å². The van der Waals surface area contributed by atoms with E-state index in [1.807, 2.05) is 153 Å². The standard InChI is InChI=1S/C53H65NO9/c1-3-4-9-26-46(55)49(57)45(54-48(56)32-31-40-29-27-39(2)28-30-40)37-62-53-52(61-36-44-24-16-8-17-25-44)51(60-35-43-22-14-7-15-23-43)50(59-34-42-20-12-6-13-21-42)47(63-53)38-58-33-41-18-10-5-11-19-41/h5-8,10-25,27-30,45-47,49-53,55,57H,3-4,9,26,31-38H2,1-2H3,(H,54,56)/t45-,46+,47?,49-,50?,51?,52?,53?/m0/s1. The molecule has 1 fully saturated rings. The Kier molecular flexibility index (Phi) is 19.8. The molecule has 10 heteroatoms. The third kappa shape index (κ3) is 15.8. The fraction of sp³-hybridized carbons (Fsp3) is 0.415. The van der Waals surface area contributed by atoms with Gasteiger partial charge in [0.25, 0.3) is 0 Å². The Morgan fingerprint density at radius 1 is 0.619 bits per heavy atom. The van der Waals surface area contributed by atoms with Crippen molar-refractivity contribution in [3.05, 3.63) is 179 Å². The number of hydrogen-bond acceptors (Lipinski definition) is 9. The summed E-state index contributed by atoms with van der Waals surface area (Å²) in [6.45, 7) is 5.18. The Hall–Kier alpha value is -4.75. The zero-order valence-electron chi connectivity index (χ0n) is 36.7. The van der Waals surface area contributed by atoms with Crippen LogP contribution in [0.3, 0.4) is 0 Å². The third-order valence-electron chi connectivity index (χ3n) is 11.3. The molecule has 336 valence electrons. The summed E-state index contributed by atoms with van der Waals surface area (Å²) in [6, 6.07) is 46.7. The molecule has 1 saturated heterocycles. The molecule has 8 atom stereocenters. The quantitative estimate of drug-likeness (QED) is 0.0470. The first-order valence-electron chi connectivity index (χ1n) is 22.4. The molecule has 6 rings (SSSR count). The molecule has 0 aliphatic carbocycles. The van der Waals surface area contributed by atoms with Gasteiger partial charge in [0.15, 0.2) is 6.29 Å². The predicted molar refractivity (Wildman–Crippen MR) is 243 cm³/mol. The van der Waals surface area contributed by atoms with Gasteiger partial charge in [0.05, 0.1) is 51.8 Å². The molecule has 0 aromatic heterocycles. The van der Waals surface area contributed by atoms with E-state index in [0.717, 1.165) is 52.6 Å². The predicted octanol–water partition coefficient (Wildman–Crippen LogP) is 8.43. The normalized spacial score (nSPS) is 20.2. The maximum absolute atomic E-state index is 13.6. The van der Waals surface area contributed by atoms with Gasteiger partial charge in [-0.2, -0.15) is 0 Å². The first-order chi connectivity index (χ1) is 30.9. The molecular formula is C53H65NO9. The second-order valence-corrected chi connectivity index (χ2v) is 16.4. The van der Waals surface area contributed by atoms with Crippen LogP contribution in [0.15, 0.2) is 146 Å². The van der Waals surface area contributed by atoms with Gasteiger partial charge in [0.2, 0.25) is 5.91 Å². The molecule has 3 N–H and O–H groups in total. The highest BCUT2D eigenvalue weighted by Crippen LogP contribution is 2.32. The van der Waals surface area contributed by atoms with Gasteiger partial charge in [-0.05, 0) is 47.6 Å². The van der Waals surface area contributed by atoms with Crippen molar-refractivity contribution in [2.45, 2.75) is 128 Å². The lowest BCUT2D eigenvalue weighted by Crippen LogP contribution is -2.62. The van der Waals surface area contributed by atoms with E-state index in [1.54, 1.807) is 0 Å². The topological polar surface area (TPSA) is 125 Å². The van der Waals surface area contributed by atoms with E-state index >= 15 is 0 Å². The van der Waals surface area contributed by atoms with Crippen molar-refractivity contribution in [3.8, 4) is 0 Å². The van der Waals surface area contributed by atoms with Gasteiger partial charge in [-0.25, -0.2) is 0 Å². The van der Waals surface area contributed by atoms with E-state index < -0.39 is 49.0 Å². The average Bonchev–Trinajstić information content (AvgIpc) is 3.32. The zero-order valence-corrected chi connectivity index (χ0v) is 36.7. The minimum Gasteiger partial charge on any atom is -0.390 e. The number of amides is 1. The number of unbranched alkanes of at least 4 members (excludes halogenated alkanes) is 2. The van der Waals surface area contributed by atoms with Crippen molar-refractivity contribution in [1.29, 1.82) is 0 Å². The highest BCUT2D eigenvalue weighted by molar-refractivity contribution is 5.76. The molecule has 1 aliphatic rings. The van der Waals surface area contributed by atoms with Gasteiger partial charge in [-0.1, -0.05) is 177 Å². The molecule has 5 unspecified atom stereocenters. The van der Waals surface area contributed by atoms with E-state index in [0.29, 0.717) is 19.4 Å². The molecule has 1 aliphatic heterocycles. The van der Waals surface area contributed by atoms with Crippen LogP contribution in [0.1, 0.15) is 72.4 Å². The van der Waals surface area contributed by atoms with Crippen molar-refractivity contribution in [2.24, 2.45) is 0 Å². The summed E-state index contributed by atoms with van der Waals surface area (Å²) < 4.78 is 40.3. The van der Waals surface area contributed by atoms with Crippen LogP contribution in [0.5, 0.6) is 0 Å². The molecule has 5 aromatic carbocycles. The zero-order chi connectivity index (χ0) is 44.1. The summed E-state index contributed by atoms with van der Waals surface area (Å²) >= 11 is 0. The molecular weight excluding hydrogens is 795 g/mol. The third-order valence-corrected chi connectivity index (χ3v) is 11.3.